The molecule has 1 unspecified atom stereocenters. The van der Waals surface area contributed by atoms with Crippen LogP contribution in [0.2, 0.25) is 5.02 Å². The van der Waals surface area contributed by atoms with E-state index < -0.39 is 27.9 Å². The zero-order valence-corrected chi connectivity index (χ0v) is 17.4. The zero-order chi connectivity index (χ0) is 21.7. The summed E-state index contributed by atoms with van der Waals surface area (Å²) in [4.78, 5) is 17.3. The molecule has 30 heavy (non-hydrogen) atoms. The molecule has 5 nitrogen and oxygen atoms in total. The summed E-state index contributed by atoms with van der Waals surface area (Å²) in [5, 5.41) is 8.70. The van der Waals surface area contributed by atoms with Crippen LogP contribution >= 0.6 is 23.4 Å². The number of aromatic nitrogens is 3. The Morgan fingerprint density at radius 2 is 1.97 bits per heavy atom. The van der Waals surface area contributed by atoms with Crippen molar-refractivity contribution >= 4 is 35.0 Å². The molecule has 3 rings (SSSR count). The molecule has 0 aliphatic heterocycles. The molecule has 0 aliphatic carbocycles. The highest BCUT2D eigenvalue weighted by Crippen LogP contribution is 2.38. The highest BCUT2D eigenvalue weighted by atomic mass is 35.5. The number of hydrogen-bond acceptors (Lipinski definition) is 4. The van der Waals surface area contributed by atoms with Gasteiger partial charge in [-0.15, -0.1) is 5.10 Å². The third-order valence-corrected chi connectivity index (χ3v) is 5.55. The van der Waals surface area contributed by atoms with Crippen molar-refractivity contribution in [1.29, 1.82) is 0 Å². The second kappa shape index (κ2) is 9.53. The summed E-state index contributed by atoms with van der Waals surface area (Å²) in [7, 11) is 0. The van der Waals surface area contributed by atoms with Gasteiger partial charge in [0.1, 0.15) is 11.1 Å². The molecule has 158 valence electrons. The van der Waals surface area contributed by atoms with Crippen molar-refractivity contribution in [3.8, 4) is 0 Å². The quantitative estimate of drug-likeness (QED) is 0.436. The lowest BCUT2D eigenvalue weighted by Crippen LogP contribution is -2.19. The molecular weight excluding hydrogens is 437 g/mol. The van der Waals surface area contributed by atoms with Crippen LogP contribution in [0, 0.1) is 0 Å². The Hall–Kier alpha value is -2.52. The van der Waals surface area contributed by atoms with Crippen LogP contribution < -0.4 is 5.32 Å². The Balaban J connectivity index is 1.85. The average molecular weight is 455 g/mol. The fourth-order valence-corrected chi connectivity index (χ4v) is 3.87. The van der Waals surface area contributed by atoms with Crippen molar-refractivity contribution in [3.63, 3.8) is 0 Å². The van der Waals surface area contributed by atoms with Gasteiger partial charge in [-0.2, -0.15) is 13.2 Å². The average Bonchev–Trinajstić information content (AvgIpc) is 3.15. The molecule has 1 amide bonds. The van der Waals surface area contributed by atoms with E-state index in [4.69, 9.17) is 11.6 Å². The van der Waals surface area contributed by atoms with E-state index in [0.29, 0.717) is 16.5 Å². The molecule has 0 radical (unpaired) electrons. The fourth-order valence-electron chi connectivity index (χ4n) is 2.71. The Morgan fingerprint density at radius 3 is 2.63 bits per heavy atom. The van der Waals surface area contributed by atoms with Gasteiger partial charge in [0.25, 0.3) is 0 Å². The van der Waals surface area contributed by atoms with E-state index in [1.165, 1.54) is 6.07 Å². The summed E-state index contributed by atoms with van der Waals surface area (Å²) in [5.74, 6) is 0.211. The minimum absolute atomic E-state index is 0.0000786. The van der Waals surface area contributed by atoms with Crippen molar-refractivity contribution in [3.05, 3.63) is 70.5 Å². The van der Waals surface area contributed by atoms with Gasteiger partial charge in [-0.25, -0.2) is 4.98 Å². The summed E-state index contributed by atoms with van der Waals surface area (Å²) < 4.78 is 39.4. The zero-order valence-electron chi connectivity index (χ0n) is 15.8. The lowest BCUT2D eigenvalue weighted by atomic mass is 10.1. The van der Waals surface area contributed by atoms with Crippen molar-refractivity contribution in [2.75, 3.05) is 5.32 Å². The molecule has 0 bridgehead atoms. The van der Waals surface area contributed by atoms with Gasteiger partial charge >= 0.3 is 6.18 Å². The van der Waals surface area contributed by atoms with E-state index >= 15 is 0 Å². The maximum atomic E-state index is 13.1. The number of alkyl halides is 3. The topological polar surface area (TPSA) is 70.7 Å². The Kier molecular flexibility index (Phi) is 7.04. The highest BCUT2D eigenvalue weighted by molar-refractivity contribution is 8.00. The molecule has 1 heterocycles. The number of halogens is 4. The van der Waals surface area contributed by atoms with Gasteiger partial charge in [0.2, 0.25) is 11.1 Å². The summed E-state index contributed by atoms with van der Waals surface area (Å²) in [6, 6.07) is 12.1. The molecule has 2 aromatic carbocycles. The smallest absolute Gasteiger partial charge is 0.325 e. The minimum atomic E-state index is -4.62. The molecule has 0 fully saturated rings. The second-order valence-electron chi connectivity index (χ2n) is 6.40. The normalized spacial score (nSPS) is 12.6. The van der Waals surface area contributed by atoms with E-state index in [-0.39, 0.29) is 5.69 Å². The molecule has 10 heteroatoms. The second-order valence-corrected chi connectivity index (χ2v) is 7.88. The highest BCUT2D eigenvalue weighted by Gasteiger charge is 2.34. The summed E-state index contributed by atoms with van der Waals surface area (Å²) in [5.41, 5.74) is -0.337. The summed E-state index contributed by atoms with van der Waals surface area (Å²) in [6.45, 7) is 2.01. The fraction of sp³-hybridized carbons (Fsp3) is 0.250. The van der Waals surface area contributed by atoms with Crippen molar-refractivity contribution in [2.24, 2.45) is 0 Å². The van der Waals surface area contributed by atoms with Gasteiger partial charge in [-0.1, -0.05) is 60.6 Å². The molecule has 0 saturated carbocycles. The van der Waals surface area contributed by atoms with E-state index in [2.05, 4.69) is 20.5 Å². The third-order valence-electron chi connectivity index (χ3n) is 4.10. The van der Waals surface area contributed by atoms with Gasteiger partial charge < -0.3 is 5.32 Å². The number of nitrogens with zero attached hydrogens (tertiary/aromatic N) is 2. The Labute approximate surface area is 180 Å². The van der Waals surface area contributed by atoms with Gasteiger partial charge in [0.15, 0.2) is 0 Å². The van der Waals surface area contributed by atoms with Crippen LogP contribution in [-0.2, 0) is 17.4 Å². The minimum Gasteiger partial charge on any atom is -0.325 e. The predicted octanol–water partition coefficient (Wildman–Crippen LogP) is 5.90. The first-order chi connectivity index (χ1) is 14.3. The number of anilines is 1. The van der Waals surface area contributed by atoms with Crippen LogP contribution in [-0.4, -0.2) is 21.1 Å². The maximum absolute atomic E-state index is 13.1. The van der Waals surface area contributed by atoms with Gasteiger partial charge in [0, 0.05) is 12.1 Å². The van der Waals surface area contributed by atoms with E-state index in [1.807, 2.05) is 13.0 Å². The number of carbonyl (C=O) groups excluding carboxylic acids is 1. The number of benzene rings is 2. The summed E-state index contributed by atoms with van der Waals surface area (Å²) in [6.07, 6.45) is -3.01. The van der Waals surface area contributed by atoms with E-state index in [1.54, 1.807) is 24.3 Å². The van der Waals surface area contributed by atoms with Crippen LogP contribution in [0.3, 0.4) is 0 Å². The van der Waals surface area contributed by atoms with Crippen molar-refractivity contribution < 1.29 is 18.0 Å². The van der Waals surface area contributed by atoms with Gasteiger partial charge in [-0.3, -0.25) is 9.89 Å². The standard InChI is InChI=1S/C20H18ClF3N4OS/c1-2-6-16-26-19(28-27-16)30-17(12-7-4-3-5-8-12)18(29)25-13-9-10-15(21)14(11-13)20(22,23)24/h3-5,7-11,17H,2,6H2,1H3,(H,25,29)(H,26,27,28). The van der Waals surface area contributed by atoms with Crippen molar-refractivity contribution in [1.82, 2.24) is 15.2 Å². The predicted molar refractivity (Wildman–Crippen MR) is 111 cm³/mol. The van der Waals surface area contributed by atoms with Crippen molar-refractivity contribution in [2.45, 2.75) is 36.3 Å². The van der Waals surface area contributed by atoms with Gasteiger partial charge in [0.05, 0.1) is 10.6 Å². The first kappa shape index (κ1) is 22.2. The van der Waals surface area contributed by atoms with Gasteiger partial charge in [-0.05, 0) is 30.2 Å². The SMILES string of the molecule is CCCc1nc(SC(C(=O)Nc2ccc(Cl)c(C(F)(F)F)c2)c2ccccc2)n[nH]1. The largest absolute Gasteiger partial charge is 0.417 e. The molecule has 0 spiro atoms. The summed E-state index contributed by atoms with van der Waals surface area (Å²) >= 11 is 6.77. The number of aromatic amines is 1. The number of nitrogens with one attached hydrogen (secondary N) is 2. The molecule has 3 aromatic rings. The third kappa shape index (κ3) is 5.54. The molecule has 0 saturated heterocycles. The van der Waals surface area contributed by atoms with Crippen LogP contribution in [0.15, 0.2) is 53.7 Å². The number of carbonyl (C=O) groups is 1. The van der Waals surface area contributed by atoms with Crippen LogP contribution in [0.4, 0.5) is 18.9 Å². The number of H-pyrrole nitrogens is 1. The van der Waals surface area contributed by atoms with Crippen LogP contribution in [0.1, 0.15) is 35.5 Å². The van der Waals surface area contributed by atoms with E-state index in [9.17, 15) is 18.0 Å². The van der Waals surface area contributed by atoms with Crippen LogP contribution in [0.5, 0.6) is 0 Å². The number of aryl methyl sites for hydroxylation is 1. The monoisotopic (exact) mass is 454 g/mol. The molecule has 1 aromatic heterocycles. The number of amides is 1. The number of hydrogen-bond donors (Lipinski definition) is 2. The Bertz CT molecular complexity index is 1010. The molecule has 1 atom stereocenters. The first-order valence-corrected chi connectivity index (χ1v) is 10.3. The Morgan fingerprint density at radius 1 is 1.23 bits per heavy atom. The van der Waals surface area contributed by atoms with Crippen LogP contribution in [0.25, 0.3) is 0 Å². The molecular formula is C20H18ClF3N4OS. The maximum Gasteiger partial charge on any atom is 0.417 e. The number of rotatable bonds is 7. The molecule has 2 N–H and O–H groups in total. The first-order valence-electron chi connectivity index (χ1n) is 9.08. The lowest BCUT2D eigenvalue weighted by Gasteiger charge is -2.17. The van der Waals surface area contributed by atoms with E-state index in [0.717, 1.165) is 36.7 Å². The molecule has 0 aliphatic rings. The lowest BCUT2D eigenvalue weighted by molar-refractivity contribution is -0.137. The number of thioether (sulfide) groups is 1.